The summed E-state index contributed by atoms with van der Waals surface area (Å²) in [5.74, 6) is 0. The van der Waals surface area contributed by atoms with Crippen molar-refractivity contribution >= 4 is 10.9 Å². The average Bonchev–Trinajstić information content (AvgIpc) is 2.53. The van der Waals surface area contributed by atoms with Gasteiger partial charge in [0.15, 0.2) is 0 Å². The normalized spacial score (nSPS) is 11.1. The summed E-state index contributed by atoms with van der Waals surface area (Å²) >= 11 is 0. The molecule has 2 rings (SSSR count). The summed E-state index contributed by atoms with van der Waals surface area (Å²) in [6.45, 7) is 3.13. The van der Waals surface area contributed by atoms with Crippen molar-refractivity contribution in [1.29, 1.82) is 0 Å². The maximum Gasteiger partial charge on any atom is 0.0928 e. The van der Waals surface area contributed by atoms with Crippen LogP contribution in [0, 0.1) is 6.92 Å². The zero-order valence-electron chi connectivity index (χ0n) is 9.54. The number of hydrogen-bond acceptors (Lipinski definition) is 2. The molecular formula is C12H17N3. The Hall–Kier alpha value is -1.35. The van der Waals surface area contributed by atoms with Crippen LogP contribution in [0.2, 0.25) is 0 Å². The fraction of sp³-hybridized carbons (Fsp3) is 0.417. The van der Waals surface area contributed by atoms with E-state index in [2.05, 4.69) is 35.5 Å². The highest BCUT2D eigenvalue weighted by Gasteiger charge is 2.08. The number of rotatable bonds is 3. The Morgan fingerprint density at radius 1 is 1.40 bits per heavy atom. The fourth-order valence-electron chi connectivity index (χ4n) is 1.95. The monoisotopic (exact) mass is 203 g/mol. The molecule has 0 fully saturated rings. The van der Waals surface area contributed by atoms with E-state index in [0.717, 1.165) is 18.5 Å². The molecule has 80 valence electrons. The third kappa shape index (κ3) is 1.75. The van der Waals surface area contributed by atoms with Crippen LogP contribution in [0.15, 0.2) is 18.2 Å². The first kappa shape index (κ1) is 10.2. The number of aryl methyl sites for hydroxylation is 2. The predicted octanol–water partition coefficient (Wildman–Crippen LogP) is 1.64. The standard InChI is InChI=1S/C12H17N3/c1-9-12-10(7-8-13-2)5-4-6-11(12)14-15(9)3/h4-6,13H,7-8H2,1-3H3. The van der Waals surface area contributed by atoms with E-state index in [1.165, 1.54) is 16.6 Å². The first-order valence-electron chi connectivity index (χ1n) is 5.30. The van der Waals surface area contributed by atoms with Gasteiger partial charge in [-0.1, -0.05) is 12.1 Å². The fourth-order valence-corrected chi connectivity index (χ4v) is 1.95. The van der Waals surface area contributed by atoms with Crippen molar-refractivity contribution in [1.82, 2.24) is 15.1 Å². The van der Waals surface area contributed by atoms with Gasteiger partial charge in [0.2, 0.25) is 0 Å². The predicted molar refractivity (Wildman–Crippen MR) is 63.1 cm³/mol. The largest absolute Gasteiger partial charge is 0.319 e. The summed E-state index contributed by atoms with van der Waals surface area (Å²) in [4.78, 5) is 0. The van der Waals surface area contributed by atoms with Gasteiger partial charge in [0.05, 0.1) is 5.52 Å². The molecule has 0 aliphatic heterocycles. The molecule has 3 nitrogen and oxygen atoms in total. The van der Waals surface area contributed by atoms with Crippen LogP contribution in [0.1, 0.15) is 11.3 Å². The number of fused-ring (bicyclic) bond motifs is 1. The Bertz CT molecular complexity index is 471. The summed E-state index contributed by atoms with van der Waals surface area (Å²) in [5.41, 5.74) is 3.73. The number of nitrogens with one attached hydrogen (secondary N) is 1. The number of likely N-dealkylation sites (N-methyl/N-ethyl adjacent to an activating group) is 1. The first-order chi connectivity index (χ1) is 7.24. The molecule has 0 saturated carbocycles. The highest BCUT2D eigenvalue weighted by atomic mass is 15.3. The van der Waals surface area contributed by atoms with Crippen LogP contribution in [0.4, 0.5) is 0 Å². The van der Waals surface area contributed by atoms with Gasteiger partial charge in [-0.15, -0.1) is 0 Å². The van der Waals surface area contributed by atoms with Crippen LogP contribution in [-0.2, 0) is 13.5 Å². The molecule has 1 heterocycles. The van der Waals surface area contributed by atoms with Gasteiger partial charge in [-0.2, -0.15) is 5.10 Å². The topological polar surface area (TPSA) is 29.9 Å². The van der Waals surface area contributed by atoms with Crippen LogP contribution < -0.4 is 5.32 Å². The second kappa shape index (κ2) is 4.03. The van der Waals surface area contributed by atoms with Crippen molar-refractivity contribution < 1.29 is 0 Å². The molecule has 0 bridgehead atoms. The number of hydrogen-bond donors (Lipinski definition) is 1. The van der Waals surface area contributed by atoms with E-state index in [0.29, 0.717) is 0 Å². The summed E-state index contributed by atoms with van der Waals surface area (Å²) in [6, 6.07) is 6.35. The maximum atomic E-state index is 4.48. The molecule has 0 radical (unpaired) electrons. The minimum atomic E-state index is 1.01. The van der Waals surface area contributed by atoms with Crippen LogP contribution in [-0.4, -0.2) is 23.4 Å². The molecule has 0 aliphatic rings. The lowest BCUT2D eigenvalue weighted by atomic mass is 10.1. The summed E-state index contributed by atoms with van der Waals surface area (Å²) < 4.78 is 1.95. The van der Waals surface area contributed by atoms with Crippen LogP contribution >= 0.6 is 0 Å². The second-order valence-electron chi connectivity index (χ2n) is 3.87. The maximum absolute atomic E-state index is 4.48. The van der Waals surface area contributed by atoms with Gasteiger partial charge < -0.3 is 5.32 Å². The molecule has 1 aromatic carbocycles. The lowest BCUT2D eigenvalue weighted by Crippen LogP contribution is -2.10. The van der Waals surface area contributed by atoms with E-state index < -0.39 is 0 Å². The lowest BCUT2D eigenvalue weighted by Gasteiger charge is -2.03. The van der Waals surface area contributed by atoms with Crippen LogP contribution in [0.25, 0.3) is 10.9 Å². The Balaban J connectivity index is 2.53. The van der Waals surface area contributed by atoms with Crippen molar-refractivity contribution in [3.8, 4) is 0 Å². The molecule has 0 saturated heterocycles. The Morgan fingerprint density at radius 2 is 2.20 bits per heavy atom. The van der Waals surface area contributed by atoms with Gasteiger partial charge in [-0.25, -0.2) is 0 Å². The van der Waals surface area contributed by atoms with E-state index in [4.69, 9.17) is 0 Å². The van der Waals surface area contributed by atoms with Gasteiger partial charge in [-0.05, 0) is 38.6 Å². The van der Waals surface area contributed by atoms with Crippen molar-refractivity contribution in [2.45, 2.75) is 13.3 Å². The minimum absolute atomic E-state index is 1.01. The number of nitrogens with zero attached hydrogens (tertiary/aromatic N) is 2. The highest BCUT2D eigenvalue weighted by Crippen LogP contribution is 2.21. The van der Waals surface area contributed by atoms with Crippen LogP contribution in [0.3, 0.4) is 0 Å². The van der Waals surface area contributed by atoms with Gasteiger partial charge >= 0.3 is 0 Å². The van der Waals surface area contributed by atoms with E-state index in [9.17, 15) is 0 Å². The van der Waals surface area contributed by atoms with E-state index >= 15 is 0 Å². The minimum Gasteiger partial charge on any atom is -0.319 e. The summed E-state index contributed by atoms with van der Waals surface area (Å²) in [6.07, 6.45) is 1.06. The molecule has 0 spiro atoms. The van der Waals surface area contributed by atoms with Gasteiger partial charge in [0.1, 0.15) is 0 Å². The van der Waals surface area contributed by atoms with Gasteiger partial charge in [-0.3, -0.25) is 4.68 Å². The summed E-state index contributed by atoms with van der Waals surface area (Å²) in [7, 11) is 3.98. The third-order valence-electron chi connectivity index (χ3n) is 2.88. The highest BCUT2D eigenvalue weighted by molar-refractivity contribution is 5.85. The van der Waals surface area contributed by atoms with Gasteiger partial charge in [0.25, 0.3) is 0 Å². The van der Waals surface area contributed by atoms with Crippen molar-refractivity contribution in [2.75, 3.05) is 13.6 Å². The third-order valence-corrected chi connectivity index (χ3v) is 2.88. The molecule has 3 heteroatoms. The zero-order chi connectivity index (χ0) is 10.8. The van der Waals surface area contributed by atoms with E-state index in [-0.39, 0.29) is 0 Å². The number of benzene rings is 1. The van der Waals surface area contributed by atoms with Crippen molar-refractivity contribution in [3.63, 3.8) is 0 Å². The molecule has 15 heavy (non-hydrogen) atoms. The average molecular weight is 203 g/mol. The molecule has 0 atom stereocenters. The Kier molecular flexibility index (Phi) is 2.73. The number of aromatic nitrogens is 2. The van der Waals surface area contributed by atoms with Crippen molar-refractivity contribution in [2.24, 2.45) is 7.05 Å². The molecule has 1 N–H and O–H groups in total. The molecule has 0 aliphatic carbocycles. The molecular weight excluding hydrogens is 186 g/mol. The SMILES string of the molecule is CNCCc1cccc2nn(C)c(C)c12. The Morgan fingerprint density at radius 3 is 2.93 bits per heavy atom. The molecule has 0 amide bonds. The Labute approximate surface area is 90.1 Å². The lowest BCUT2D eigenvalue weighted by molar-refractivity contribution is 0.750. The zero-order valence-corrected chi connectivity index (χ0v) is 9.54. The van der Waals surface area contributed by atoms with E-state index in [1.54, 1.807) is 0 Å². The smallest absolute Gasteiger partial charge is 0.0928 e. The van der Waals surface area contributed by atoms with Gasteiger partial charge in [0, 0.05) is 18.1 Å². The molecule has 2 aromatic rings. The summed E-state index contributed by atoms with van der Waals surface area (Å²) in [5, 5.41) is 8.97. The molecule has 1 aromatic heterocycles. The molecule has 0 unspecified atom stereocenters. The quantitative estimate of drug-likeness (QED) is 0.822. The van der Waals surface area contributed by atoms with E-state index in [1.807, 2.05) is 18.8 Å². The van der Waals surface area contributed by atoms with Crippen LogP contribution in [0.5, 0.6) is 0 Å². The second-order valence-corrected chi connectivity index (χ2v) is 3.87. The first-order valence-corrected chi connectivity index (χ1v) is 5.30. The van der Waals surface area contributed by atoms with Crippen molar-refractivity contribution in [3.05, 3.63) is 29.5 Å².